The van der Waals surface area contributed by atoms with Crippen LogP contribution in [0.25, 0.3) is 0 Å². The van der Waals surface area contributed by atoms with E-state index in [2.05, 4.69) is 21.3 Å². The van der Waals surface area contributed by atoms with Crippen LogP contribution in [-0.4, -0.2) is 83.5 Å². The van der Waals surface area contributed by atoms with E-state index in [9.17, 15) is 28.8 Å². The Hall–Kier alpha value is -5.14. The monoisotopic (exact) mass is 690 g/mol. The van der Waals surface area contributed by atoms with E-state index >= 15 is 0 Å². The van der Waals surface area contributed by atoms with Crippen molar-refractivity contribution in [1.82, 2.24) is 31.1 Å². The number of carbonyl (C=O) groups excluding carboxylic acids is 6. The van der Waals surface area contributed by atoms with Crippen molar-refractivity contribution in [3.63, 3.8) is 0 Å². The first-order chi connectivity index (χ1) is 24.1. The summed E-state index contributed by atoms with van der Waals surface area (Å²) in [5, 5.41) is 11.3. The number of nitrogen functional groups attached to an aromatic ring is 2. The predicted molar refractivity (Wildman–Crippen MR) is 189 cm³/mol. The van der Waals surface area contributed by atoms with Gasteiger partial charge >= 0.3 is 0 Å². The Morgan fingerprint density at radius 2 is 0.960 bits per heavy atom. The highest BCUT2D eigenvalue weighted by Gasteiger charge is 2.32. The fourth-order valence-corrected chi connectivity index (χ4v) is 6.05. The number of benzene rings is 2. The molecule has 0 radical (unpaired) electrons. The summed E-state index contributed by atoms with van der Waals surface area (Å²) >= 11 is 0. The molecule has 0 saturated carbocycles. The molecule has 2 saturated heterocycles. The van der Waals surface area contributed by atoms with Crippen LogP contribution in [0.15, 0.2) is 48.5 Å². The third kappa shape index (κ3) is 12.4. The summed E-state index contributed by atoms with van der Waals surface area (Å²) in [5.41, 5.74) is 14.5. The largest absolute Gasteiger partial charge is 0.399 e. The summed E-state index contributed by atoms with van der Waals surface area (Å²) in [7, 11) is 0. The van der Waals surface area contributed by atoms with Crippen molar-refractivity contribution >= 4 is 46.8 Å². The highest BCUT2D eigenvalue weighted by molar-refractivity contribution is 5.92. The fraction of sp³-hybridized carbons (Fsp3) is 0.500. The molecule has 2 aliphatic rings. The fourth-order valence-electron chi connectivity index (χ4n) is 6.05. The van der Waals surface area contributed by atoms with Crippen LogP contribution in [0.3, 0.4) is 0 Å². The van der Waals surface area contributed by atoms with Crippen molar-refractivity contribution in [3.8, 4) is 0 Å². The highest BCUT2D eigenvalue weighted by Crippen LogP contribution is 2.15. The molecule has 0 bridgehead atoms. The summed E-state index contributed by atoms with van der Waals surface area (Å²) in [4.78, 5) is 78.9. The van der Waals surface area contributed by atoms with Crippen LogP contribution >= 0.6 is 0 Å². The van der Waals surface area contributed by atoms with E-state index in [0.717, 1.165) is 24.0 Å². The summed E-state index contributed by atoms with van der Waals surface area (Å²) in [6.45, 7) is 1.46. The summed E-state index contributed by atoms with van der Waals surface area (Å²) in [6, 6.07) is 13.1. The van der Waals surface area contributed by atoms with Crippen LogP contribution in [0.2, 0.25) is 0 Å². The average molecular weight is 691 g/mol. The van der Waals surface area contributed by atoms with Crippen molar-refractivity contribution < 1.29 is 28.8 Å². The minimum absolute atomic E-state index is 0.0654. The Morgan fingerprint density at radius 1 is 0.580 bits per heavy atom. The molecule has 0 spiro atoms. The summed E-state index contributed by atoms with van der Waals surface area (Å²) in [6.07, 6.45) is 5.66. The van der Waals surface area contributed by atoms with Gasteiger partial charge in [-0.1, -0.05) is 37.1 Å². The van der Waals surface area contributed by atoms with Crippen LogP contribution in [-0.2, 0) is 41.9 Å². The molecule has 0 aromatic heterocycles. The first-order valence-corrected chi connectivity index (χ1v) is 17.5. The van der Waals surface area contributed by atoms with Gasteiger partial charge in [0.05, 0.1) is 13.1 Å². The lowest BCUT2D eigenvalue weighted by atomic mass is 10.0. The third-order valence-corrected chi connectivity index (χ3v) is 8.90. The topological polar surface area (TPSA) is 209 Å². The van der Waals surface area contributed by atoms with E-state index in [1.54, 1.807) is 24.3 Å². The maximum absolute atomic E-state index is 12.9. The molecule has 0 aliphatic carbocycles. The zero-order valence-electron chi connectivity index (χ0n) is 28.6. The quantitative estimate of drug-likeness (QED) is 0.105. The number of nitrogens with two attached hydrogens (primary N) is 2. The molecule has 14 heteroatoms. The second-order valence-corrected chi connectivity index (χ2v) is 13.0. The minimum atomic E-state index is -0.646. The molecule has 8 N–H and O–H groups in total. The molecule has 6 amide bonds. The van der Waals surface area contributed by atoms with Gasteiger partial charge in [-0.3, -0.25) is 28.8 Å². The molecule has 2 atom stereocenters. The third-order valence-electron chi connectivity index (χ3n) is 8.90. The molecule has 2 fully saturated rings. The molecule has 270 valence electrons. The molecule has 2 aliphatic heterocycles. The van der Waals surface area contributed by atoms with E-state index in [4.69, 9.17) is 11.5 Å². The van der Waals surface area contributed by atoms with Crippen LogP contribution in [0.5, 0.6) is 0 Å². The van der Waals surface area contributed by atoms with E-state index < -0.39 is 12.1 Å². The van der Waals surface area contributed by atoms with Crippen molar-refractivity contribution in [2.45, 2.75) is 89.4 Å². The van der Waals surface area contributed by atoms with Gasteiger partial charge in [0.15, 0.2) is 0 Å². The zero-order valence-corrected chi connectivity index (χ0v) is 28.6. The number of unbranched alkanes of at least 4 members (excludes halogenated alkanes) is 3. The first-order valence-electron chi connectivity index (χ1n) is 17.5. The Balaban J connectivity index is 1.05. The van der Waals surface area contributed by atoms with Crippen molar-refractivity contribution in [2.75, 3.05) is 37.6 Å². The Morgan fingerprint density at radius 3 is 1.34 bits per heavy atom. The number of nitrogens with zero attached hydrogens (tertiary/aromatic N) is 2. The van der Waals surface area contributed by atoms with Gasteiger partial charge in [-0.2, -0.15) is 0 Å². The lowest BCUT2D eigenvalue weighted by Gasteiger charge is -2.32. The van der Waals surface area contributed by atoms with Crippen LogP contribution < -0.4 is 32.7 Å². The lowest BCUT2D eigenvalue weighted by Crippen LogP contribution is -2.54. The predicted octanol–water partition coefficient (Wildman–Crippen LogP) is 1.34. The van der Waals surface area contributed by atoms with Gasteiger partial charge in [-0.15, -0.1) is 0 Å². The number of anilines is 2. The number of rotatable bonds is 17. The van der Waals surface area contributed by atoms with E-state index in [1.165, 1.54) is 9.80 Å². The van der Waals surface area contributed by atoms with Gasteiger partial charge in [0.1, 0.15) is 12.1 Å². The number of piperidine rings is 2. The smallest absolute Gasteiger partial charge is 0.245 e. The van der Waals surface area contributed by atoms with Gasteiger partial charge in [-0.05, 0) is 73.9 Å². The SMILES string of the molecule is Nc1ccc(CNC(=O)CN2CCCC(NC(=O)CCCCCCC(=O)NC3CCCN(CC(=O)NCc4ccc(N)cc4)C3=O)C2=O)cc1. The normalized spacial score (nSPS) is 17.6. The number of amides is 6. The minimum Gasteiger partial charge on any atom is -0.399 e. The maximum Gasteiger partial charge on any atom is 0.245 e. The molecule has 2 unspecified atom stereocenters. The second-order valence-electron chi connectivity index (χ2n) is 13.0. The molecule has 2 aromatic carbocycles. The maximum atomic E-state index is 12.9. The van der Waals surface area contributed by atoms with Gasteiger partial charge < -0.3 is 42.5 Å². The number of nitrogens with one attached hydrogen (secondary N) is 4. The molecular weight excluding hydrogens is 640 g/mol. The van der Waals surface area contributed by atoms with E-state index in [1.807, 2.05) is 24.3 Å². The molecule has 2 aromatic rings. The van der Waals surface area contributed by atoms with Crippen LogP contribution in [0.1, 0.15) is 75.3 Å². The van der Waals surface area contributed by atoms with E-state index in [0.29, 0.717) is 76.1 Å². The molecular formula is C36H50N8O6. The number of likely N-dealkylation sites (tertiary alicyclic amines) is 2. The standard InChI is InChI=1S/C36H50N8O6/c37-27-15-11-25(12-16-27)21-39-33(47)23-43-19-5-7-29(35(43)49)41-31(45)9-3-1-2-4-10-32(46)42-30-8-6-20-44(36(30)50)24-34(48)40-22-26-13-17-28(38)18-14-26/h11-18,29-30H,1-10,19-24,37-38H2,(H,39,47)(H,40,48)(H,41,45)(H,42,46). The van der Waals surface area contributed by atoms with E-state index in [-0.39, 0.29) is 61.4 Å². The van der Waals surface area contributed by atoms with Crippen molar-refractivity contribution in [3.05, 3.63) is 59.7 Å². The second kappa shape index (κ2) is 19.2. The van der Waals surface area contributed by atoms with Crippen LogP contribution in [0.4, 0.5) is 11.4 Å². The lowest BCUT2D eigenvalue weighted by molar-refractivity contribution is -0.141. The summed E-state index contributed by atoms with van der Waals surface area (Å²) < 4.78 is 0. The number of carbonyl (C=O) groups is 6. The molecule has 50 heavy (non-hydrogen) atoms. The summed E-state index contributed by atoms with van der Waals surface area (Å²) in [5.74, 6) is -1.47. The number of hydrogen-bond acceptors (Lipinski definition) is 8. The number of hydrogen-bond donors (Lipinski definition) is 6. The van der Waals surface area contributed by atoms with Gasteiger partial charge in [0.2, 0.25) is 35.4 Å². The van der Waals surface area contributed by atoms with Gasteiger partial charge in [0.25, 0.3) is 0 Å². The van der Waals surface area contributed by atoms with Crippen molar-refractivity contribution in [2.24, 2.45) is 0 Å². The molecule has 4 rings (SSSR count). The molecule has 2 heterocycles. The first kappa shape index (κ1) is 37.7. The van der Waals surface area contributed by atoms with Gasteiger partial charge in [0, 0.05) is 50.4 Å². The zero-order chi connectivity index (χ0) is 35.9. The molecule has 14 nitrogen and oxygen atoms in total. The average Bonchev–Trinajstić information content (AvgIpc) is 3.09. The highest BCUT2D eigenvalue weighted by atomic mass is 16.2. The van der Waals surface area contributed by atoms with Gasteiger partial charge in [-0.25, -0.2) is 0 Å². The van der Waals surface area contributed by atoms with Crippen LogP contribution in [0, 0.1) is 0 Å². The Bertz CT molecular complexity index is 1370. The Kier molecular flexibility index (Phi) is 14.4. The van der Waals surface area contributed by atoms with Crippen molar-refractivity contribution in [1.29, 1.82) is 0 Å². The Labute approximate surface area is 293 Å².